The summed E-state index contributed by atoms with van der Waals surface area (Å²) >= 11 is 5.97. The average Bonchev–Trinajstić information content (AvgIpc) is 2.40. The summed E-state index contributed by atoms with van der Waals surface area (Å²) in [6, 6.07) is 10.6. The van der Waals surface area contributed by atoms with E-state index < -0.39 is 0 Å². The first kappa shape index (κ1) is 13.4. The molecule has 0 fully saturated rings. The van der Waals surface area contributed by atoms with Crippen LogP contribution in [0, 0.1) is 0 Å². The zero-order chi connectivity index (χ0) is 13.7. The SMILES string of the molecule is Nc1ccc(CC(=O)OCc2ccccc2Cl)nc1. The van der Waals surface area contributed by atoms with E-state index in [1.165, 1.54) is 6.20 Å². The van der Waals surface area contributed by atoms with E-state index in [4.69, 9.17) is 22.1 Å². The van der Waals surface area contributed by atoms with Crippen molar-refractivity contribution in [1.82, 2.24) is 4.98 Å². The Morgan fingerprint density at radius 3 is 2.74 bits per heavy atom. The van der Waals surface area contributed by atoms with Crippen LogP contribution >= 0.6 is 11.6 Å². The molecule has 2 rings (SSSR count). The van der Waals surface area contributed by atoms with Gasteiger partial charge in [-0.25, -0.2) is 0 Å². The molecule has 4 nitrogen and oxygen atoms in total. The second kappa shape index (κ2) is 6.20. The first-order valence-corrected chi connectivity index (χ1v) is 6.12. The monoisotopic (exact) mass is 276 g/mol. The first-order chi connectivity index (χ1) is 9.15. The number of nitrogens with two attached hydrogens (primary N) is 1. The number of nitrogen functional groups attached to an aromatic ring is 1. The summed E-state index contributed by atoms with van der Waals surface area (Å²) < 4.78 is 5.15. The van der Waals surface area contributed by atoms with Crippen LogP contribution in [0.25, 0.3) is 0 Å². The van der Waals surface area contributed by atoms with Crippen LogP contribution in [0.3, 0.4) is 0 Å². The van der Waals surface area contributed by atoms with E-state index in [2.05, 4.69) is 4.98 Å². The predicted octanol–water partition coefficient (Wildman–Crippen LogP) is 2.60. The maximum absolute atomic E-state index is 11.6. The molecule has 0 bridgehead atoms. The van der Waals surface area contributed by atoms with Crippen LogP contribution in [0.4, 0.5) is 5.69 Å². The number of benzene rings is 1. The number of esters is 1. The van der Waals surface area contributed by atoms with Crippen LogP contribution in [-0.2, 0) is 22.6 Å². The molecule has 2 N–H and O–H groups in total. The Labute approximate surface area is 116 Å². The van der Waals surface area contributed by atoms with Crippen molar-refractivity contribution < 1.29 is 9.53 Å². The van der Waals surface area contributed by atoms with Crippen molar-refractivity contribution >= 4 is 23.3 Å². The van der Waals surface area contributed by atoms with E-state index in [1.54, 1.807) is 18.2 Å². The fourth-order valence-electron chi connectivity index (χ4n) is 1.51. The molecule has 0 spiro atoms. The summed E-state index contributed by atoms with van der Waals surface area (Å²) in [4.78, 5) is 15.7. The van der Waals surface area contributed by atoms with Gasteiger partial charge in [0.1, 0.15) is 6.61 Å². The van der Waals surface area contributed by atoms with Crippen molar-refractivity contribution in [3.8, 4) is 0 Å². The molecule has 19 heavy (non-hydrogen) atoms. The van der Waals surface area contributed by atoms with Crippen molar-refractivity contribution in [1.29, 1.82) is 0 Å². The van der Waals surface area contributed by atoms with Crippen molar-refractivity contribution in [2.75, 3.05) is 5.73 Å². The molecule has 5 heteroatoms. The zero-order valence-corrected chi connectivity index (χ0v) is 10.9. The topological polar surface area (TPSA) is 65.2 Å². The van der Waals surface area contributed by atoms with Crippen molar-refractivity contribution in [3.63, 3.8) is 0 Å². The van der Waals surface area contributed by atoms with Gasteiger partial charge < -0.3 is 10.5 Å². The number of anilines is 1. The number of pyridine rings is 1. The highest BCUT2D eigenvalue weighted by atomic mass is 35.5. The molecule has 0 unspecified atom stereocenters. The smallest absolute Gasteiger partial charge is 0.312 e. The van der Waals surface area contributed by atoms with Crippen molar-refractivity contribution in [2.24, 2.45) is 0 Å². The van der Waals surface area contributed by atoms with Crippen LogP contribution in [-0.4, -0.2) is 11.0 Å². The highest BCUT2D eigenvalue weighted by molar-refractivity contribution is 6.31. The Bertz CT molecular complexity index is 570. The van der Waals surface area contributed by atoms with Crippen molar-refractivity contribution in [3.05, 3.63) is 58.9 Å². The molecule has 1 aromatic heterocycles. The van der Waals surface area contributed by atoms with E-state index in [1.807, 2.05) is 18.2 Å². The molecule has 98 valence electrons. The van der Waals surface area contributed by atoms with E-state index >= 15 is 0 Å². The molecule has 0 radical (unpaired) electrons. The van der Waals surface area contributed by atoms with Crippen LogP contribution in [0.15, 0.2) is 42.6 Å². The number of carbonyl (C=O) groups is 1. The summed E-state index contributed by atoms with van der Waals surface area (Å²) in [5.74, 6) is -0.350. The standard InChI is InChI=1S/C14H13ClN2O2/c15-13-4-2-1-3-10(13)9-19-14(18)7-12-6-5-11(16)8-17-12/h1-6,8H,7,9,16H2. The lowest BCUT2D eigenvalue weighted by Crippen LogP contribution is -2.09. The van der Waals surface area contributed by atoms with Crippen molar-refractivity contribution in [2.45, 2.75) is 13.0 Å². The summed E-state index contributed by atoms with van der Waals surface area (Å²) in [5, 5.41) is 0.584. The van der Waals surface area contributed by atoms with Gasteiger partial charge in [0.2, 0.25) is 0 Å². The third-order valence-corrected chi connectivity index (χ3v) is 2.89. The van der Waals surface area contributed by atoms with E-state index in [0.717, 1.165) is 5.56 Å². The highest BCUT2D eigenvalue weighted by Gasteiger charge is 2.07. The summed E-state index contributed by atoms with van der Waals surface area (Å²) in [7, 11) is 0. The quantitative estimate of drug-likeness (QED) is 0.872. The molecule has 0 aliphatic heterocycles. The minimum Gasteiger partial charge on any atom is -0.460 e. The lowest BCUT2D eigenvalue weighted by Gasteiger charge is -2.06. The van der Waals surface area contributed by atoms with E-state index in [0.29, 0.717) is 16.4 Å². The molecular weight excluding hydrogens is 264 g/mol. The predicted molar refractivity (Wildman–Crippen MR) is 73.6 cm³/mol. The maximum atomic E-state index is 11.6. The minimum atomic E-state index is -0.350. The molecule has 0 atom stereocenters. The van der Waals surface area contributed by atoms with Gasteiger partial charge in [0.25, 0.3) is 0 Å². The number of aromatic nitrogens is 1. The highest BCUT2D eigenvalue weighted by Crippen LogP contribution is 2.16. The number of hydrogen-bond donors (Lipinski definition) is 1. The molecule has 0 amide bonds. The summed E-state index contributed by atoms with van der Waals surface area (Å²) in [5.41, 5.74) is 7.48. The Morgan fingerprint density at radius 2 is 2.05 bits per heavy atom. The zero-order valence-electron chi connectivity index (χ0n) is 10.2. The van der Waals surface area contributed by atoms with E-state index in [9.17, 15) is 4.79 Å². The summed E-state index contributed by atoms with van der Waals surface area (Å²) in [6.45, 7) is 0.160. The molecule has 0 saturated carbocycles. The second-order valence-corrected chi connectivity index (χ2v) is 4.42. The third-order valence-electron chi connectivity index (χ3n) is 2.52. The van der Waals surface area contributed by atoms with Gasteiger partial charge in [-0.05, 0) is 18.2 Å². The fourth-order valence-corrected chi connectivity index (χ4v) is 1.70. The van der Waals surface area contributed by atoms with Gasteiger partial charge in [0.05, 0.1) is 24.0 Å². The molecule has 1 heterocycles. The second-order valence-electron chi connectivity index (χ2n) is 4.01. The van der Waals surface area contributed by atoms with Gasteiger partial charge >= 0.3 is 5.97 Å². The molecule has 1 aromatic carbocycles. The Hall–Kier alpha value is -2.07. The number of halogens is 1. The van der Waals surface area contributed by atoms with Gasteiger partial charge in [-0.1, -0.05) is 29.8 Å². The average molecular weight is 277 g/mol. The first-order valence-electron chi connectivity index (χ1n) is 5.74. The lowest BCUT2D eigenvalue weighted by atomic mass is 10.2. The number of hydrogen-bond acceptors (Lipinski definition) is 4. The summed E-state index contributed by atoms with van der Waals surface area (Å²) in [6.07, 6.45) is 1.63. The van der Waals surface area contributed by atoms with Gasteiger partial charge in [0.15, 0.2) is 0 Å². The van der Waals surface area contributed by atoms with Gasteiger partial charge in [-0.3, -0.25) is 9.78 Å². The number of ether oxygens (including phenoxy) is 1. The Kier molecular flexibility index (Phi) is 4.36. The largest absolute Gasteiger partial charge is 0.460 e. The van der Waals surface area contributed by atoms with Crippen LogP contribution in [0.2, 0.25) is 5.02 Å². The molecule has 2 aromatic rings. The Morgan fingerprint density at radius 1 is 1.26 bits per heavy atom. The van der Waals surface area contributed by atoms with Gasteiger partial charge in [-0.15, -0.1) is 0 Å². The Balaban J connectivity index is 1.88. The number of carbonyl (C=O) groups excluding carboxylic acids is 1. The van der Waals surface area contributed by atoms with Crippen LogP contribution in [0.1, 0.15) is 11.3 Å². The molecule has 0 aliphatic rings. The van der Waals surface area contributed by atoms with E-state index in [-0.39, 0.29) is 19.0 Å². The molecule has 0 aliphatic carbocycles. The third kappa shape index (κ3) is 3.96. The number of rotatable bonds is 4. The van der Waals surface area contributed by atoms with Crippen LogP contribution < -0.4 is 5.73 Å². The molecular formula is C14H13ClN2O2. The molecule has 0 saturated heterocycles. The minimum absolute atomic E-state index is 0.116. The number of nitrogens with zero attached hydrogens (tertiary/aromatic N) is 1. The maximum Gasteiger partial charge on any atom is 0.312 e. The van der Waals surface area contributed by atoms with Gasteiger partial charge in [0, 0.05) is 10.6 Å². The van der Waals surface area contributed by atoms with Gasteiger partial charge in [-0.2, -0.15) is 0 Å². The normalized spacial score (nSPS) is 10.2. The fraction of sp³-hybridized carbons (Fsp3) is 0.143. The lowest BCUT2D eigenvalue weighted by molar-refractivity contribution is -0.144. The van der Waals surface area contributed by atoms with Crippen LogP contribution in [0.5, 0.6) is 0 Å².